The first-order chi connectivity index (χ1) is 8.68. The second-order valence-corrected chi connectivity index (χ2v) is 5.51. The SMILES string of the molecule is CN(c1ccccc1/C=C/C(=O)O)C1CCSC1. The highest BCUT2D eigenvalue weighted by atomic mass is 32.2. The first-order valence-corrected chi connectivity index (χ1v) is 7.14. The average Bonchev–Trinajstić information content (AvgIpc) is 2.89. The van der Waals surface area contributed by atoms with Crippen molar-refractivity contribution in [3.8, 4) is 0 Å². The normalized spacial score (nSPS) is 19.3. The summed E-state index contributed by atoms with van der Waals surface area (Å²) in [5.74, 6) is 1.44. The summed E-state index contributed by atoms with van der Waals surface area (Å²) >= 11 is 1.98. The molecular formula is C14H17NO2S. The summed E-state index contributed by atoms with van der Waals surface area (Å²) in [6, 6.07) is 8.47. The van der Waals surface area contributed by atoms with Crippen molar-refractivity contribution in [3.63, 3.8) is 0 Å². The highest BCUT2D eigenvalue weighted by Crippen LogP contribution is 2.28. The van der Waals surface area contributed by atoms with Crippen molar-refractivity contribution in [1.82, 2.24) is 0 Å². The van der Waals surface area contributed by atoms with Gasteiger partial charge in [-0.2, -0.15) is 11.8 Å². The Balaban J connectivity index is 2.23. The average molecular weight is 263 g/mol. The third kappa shape index (κ3) is 3.07. The Morgan fingerprint density at radius 2 is 2.28 bits per heavy atom. The van der Waals surface area contributed by atoms with E-state index in [1.807, 2.05) is 36.0 Å². The Bertz CT molecular complexity index is 453. The zero-order valence-electron chi connectivity index (χ0n) is 10.4. The minimum absolute atomic E-state index is 0.550. The van der Waals surface area contributed by atoms with Gasteiger partial charge in [0.1, 0.15) is 0 Å². The lowest BCUT2D eigenvalue weighted by molar-refractivity contribution is -0.131. The summed E-state index contributed by atoms with van der Waals surface area (Å²) in [6.45, 7) is 0. The molecule has 1 N–H and O–H groups in total. The zero-order chi connectivity index (χ0) is 13.0. The van der Waals surface area contributed by atoms with Crippen LogP contribution in [0.25, 0.3) is 6.08 Å². The third-order valence-electron chi connectivity index (χ3n) is 3.18. The number of anilines is 1. The van der Waals surface area contributed by atoms with E-state index in [9.17, 15) is 4.79 Å². The second-order valence-electron chi connectivity index (χ2n) is 4.36. The van der Waals surface area contributed by atoms with E-state index < -0.39 is 5.97 Å². The molecule has 2 rings (SSSR count). The van der Waals surface area contributed by atoms with Gasteiger partial charge < -0.3 is 10.0 Å². The molecule has 3 nitrogen and oxygen atoms in total. The van der Waals surface area contributed by atoms with Crippen LogP contribution < -0.4 is 4.90 Å². The van der Waals surface area contributed by atoms with E-state index >= 15 is 0 Å². The molecule has 0 bridgehead atoms. The van der Waals surface area contributed by atoms with Crippen LogP contribution in [0.1, 0.15) is 12.0 Å². The van der Waals surface area contributed by atoms with Crippen molar-refractivity contribution in [2.75, 3.05) is 23.5 Å². The lowest BCUT2D eigenvalue weighted by Gasteiger charge is -2.27. The molecule has 1 aliphatic heterocycles. The Morgan fingerprint density at radius 1 is 1.50 bits per heavy atom. The molecule has 96 valence electrons. The molecule has 0 aromatic heterocycles. The number of rotatable bonds is 4. The van der Waals surface area contributed by atoms with Crippen LogP contribution >= 0.6 is 11.8 Å². The highest BCUT2D eigenvalue weighted by molar-refractivity contribution is 7.99. The molecule has 0 spiro atoms. The Kier molecular flexibility index (Phi) is 4.31. The van der Waals surface area contributed by atoms with Gasteiger partial charge in [-0.15, -0.1) is 0 Å². The number of para-hydroxylation sites is 1. The standard InChI is InChI=1S/C14H17NO2S/c1-15(12-8-9-18-10-12)13-5-3-2-4-11(13)6-7-14(16)17/h2-7,12H,8-10H2,1H3,(H,16,17)/b7-6+. The quantitative estimate of drug-likeness (QED) is 0.848. The van der Waals surface area contributed by atoms with E-state index in [1.54, 1.807) is 6.08 Å². The van der Waals surface area contributed by atoms with Crippen molar-refractivity contribution in [2.24, 2.45) is 0 Å². The van der Waals surface area contributed by atoms with E-state index in [1.165, 1.54) is 18.2 Å². The fourth-order valence-electron chi connectivity index (χ4n) is 2.13. The maximum atomic E-state index is 10.6. The molecule has 18 heavy (non-hydrogen) atoms. The van der Waals surface area contributed by atoms with Gasteiger partial charge in [-0.25, -0.2) is 4.79 Å². The van der Waals surface area contributed by atoms with Crippen LogP contribution in [-0.2, 0) is 4.79 Å². The van der Waals surface area contributed by atoms with Gasteiger partial charge in [0.25, 0.3) is 0 Å². The molecule has 1 heterocycles. The summed E-state index contributed by atoms with van der Waals surface area (Å²) in [5, 5.41) is 8.71. The van der Waals surface area contributed by atoms with Gasteiger partial charge in [-0.1, -0.05) is 18.2 Å². The lowest BCUT2D eigenvalue weighted by atomic mass is 10.1. The molecule has 1 unspecified atom stereocenters. The number of aliphatic carboxylic acids is 1. The molecule has 1 aromatic carbocycles. The summed E-state index contributed by atoms with van der Waals surface area (Å²) in [6.07, 6.45) is 4.05. The summed E-state index contributed by atoms with van der Waals surface area (Å²) < 4.78 is 0. The number of carboxylic acid groups (broad SMARTS) is 1. The number of thioether (sulfide) groups is 1. The zero-order valence-corrected chi connectivity index (χ0v) is 11.2. The van der Waals surface area contributed by atoms with Crippen molar-refractivity contribution >= 4 is 29.5 Å². The van der Waals surface area contributed by atoms with Crippen LogP contribution in [0.5, 0.6) is 0 Å². The molecule has 0 radical (unpaired) electrons. The second kappa shape index (κ2) is 5.96. The van der Waals surface area contributed by atoms with E-state index in [-0.39, 0.29) is 0 Å². The van der Waals surface area contributed by atoms with Gasteiger partial charge >= 0.3 is 5.97 Å². The van der Waals surface area contributed by atoms with Crippen LogP contribution in [0.4, 0.5) is 5.69 Å². The van der Waals surface area contributed by atoms with Crippen LogP contribution in [-0.4, -0.2) is 35.7 Å². The van der Waals surface area contributed by atoms with Crippen molar-refractivity contribution in [1.29, 1.82) is 0 Å². The molecule has 1 saturated heterocycles. The number of hydrogen-bond acceptors (Lipinski definition) is 3. The third-order valence-corrected chi connectivity index (χ3v) is 4.32. The molecule has 1 aromatic rings. The van der Waals surface area contributed by atoms with Crippen LogP contribution in [0.15, 0.2) is 30.3 Å². The topological polar surface area (TPSA) is 40.5 Å². The van der Waals surface area contributed by atoms with Crippen LogP contribution in [0, 0.1) is 0 Å². The Morgan fingerprint density at radius 3 is 2.94 bits per heavy atom. The first-order valence-electron chi connectivity index (χ1n) is 5.99. The lowest BCUT2D eigenvalue weighted by Crippen LogP contribution is -2.31. The highest BCUT2D eigenvalue weighted by Gasteiger charge is 2.21. The van der Waals surface area contributed by atoms with Gasteiger partial charge in [0, 0.05) is 30.6 Å². The monoisotopic (exact) mass is 263 g/mol. The van der Waals surface area contributed by atoms with Gasteiger partial charge in [0.2, 0.25) is 0 Å². The minimum Gasteiger partial charge on any atom is -0.478 e. The van der Waals surface area contributed by atoms with Gasteiger partial charge in [0.15, 0.2) is 0 Å². The van der Waals surface area contributed by atoms with Gasteiger partial charge in [-0.3, -0.25) is 0 Å². The predicted molar refractivity (Wildman–Crippen MR) is 77.2 cm³/mol. The number of nitrogens with zero attached hydrogens (tertiary/aromatic N) is 1. The van der Waals surface area contributed by atoms with E-state index in [0.717, 1.165) is 17.0 Å². The van der Waals surface area contributed by atoms with Crippen molar-refractivity contribution < 1.29 is 9.90 Å². The maximum Gasteiger partial charge on any atom is 0.328 e. The predicted octanol–water partition coefficient (Wildman–Crippen LogP) is 2.73. The molecule has 0 saturated carbocycles. The van der Waals surface area contributed by atoms with Crippen molar-refractivity contribution in [2.45, 2.75) is 12.5 Å². The minimum atomic E-state index is -0.913. The summed E-state index contributed by atoms with van der Waals surface area (Å²) in [5.41, 5.74) is 2.06. The molecule has 1 aliphatic rings. The van der Waals surface area contributed by atoms with E-state index in [2.05, 4.69) is 11.9 Å². The van der Waals surface area contributed by atoms with Crippen LogP contribution in [0.3, 0.4) is 0 Å². The van der Waals surface area contributed by atoms with E-state index in [0.29, 0.717) is 6.04 Å². The fraction of sp³-hybridized carbons (Fsp3) is 0.357. The summed E-state index contributed by atoms with van der Waals surface area (Å²) in [7, 11) is 2.09. The number of benzene rings is 1. The fourth-order valence-corrected chi connectivity index (χ4v) is 3.40. The maximum absolute atomic E-state index is 10.6. The number of carboxylic acids is 1. The Hall–Kier alpha value is -1.42. The summed E-state index contributed by atoms with van der Waals surface area (Å²) in [4.78, 5) is 12.9. The molecule has 0 aliphatic carbocycles. The smallest absolute Gasteiger partial charge is 0.328 e. The first kappa shape index (κ1) is 13.0. The largest absolute Gasteiger partial charge is 0.478 e. The number of hydrogen-bond donors (Lipinski definition) is 1. The number of carbonyl (C=O) groups is 1. The molecule has 0 amide bonds. The molecule has 4 heteroatoms. The van der Waals surface area contributed by atoms with Crippen LogP contribution in [0.2, 0.25) is 0 Å². The molecule has 1 fully saturated rings. The van der Waals surface area contributed by atoms with Crippen molar-refractivity contribution in [3.05, 3.63) is 35.9 Å². The molecular weight excluding hydrogens is 246 g/mol. The van der Waals surface area contributed by atoms with Gasteiger partial charge in [-0.05, 0) is 29.9 Å². The Labute approximate surface area is 111 Å². The van der Waals surface area contributed by atoms with E-state index in [4.69, 9.17) is 5.11 Å². The molecule has 1 atom stereocenters. The van der Waals surface area contributed by atoms with Gasteiger partial charge in [0.05, 0.1) is 0 Å².